The normalized spacial score (nSPS) is 25.3. The highest BCUT2D eigenvalue weighted by Gasteiger charge is 2.38. The summed E-state index contributed by atoms with van der Waals surface area (Å²) in [6.45, 7) is 5.66. The first-order valence-corrected chi connectivity index (χ1v) is 8.08. The second kappa shape index (κ2) is 4.63. The molecular weight excluding hydrogens is 264 g/mol. The Balaban J connectivity index is 2.32. The molecule has 0 aliphatic carbocycles. The molecule has 2 rings (SSSR count). The van der Waals surface area contributed by atoms with E-state index in [2.05, 4.69) is 20.6 Å². The molecule has 1 atom stereocenters. The predicted octanol–water partition coefficient (Wildman–Crippen LogP) is 1.12. The van der Waals surface area contributed by atoms with Crippen molar-refractivity contribution in [2.75, 3.05) is 29.2 Å². The molecule has 19 heavy (non-hydrogen) atoms. The van der Waals surface area contributed by atoms with Crippen molar-refractivity contribution in [1.29, 1.82) is 0 Å². The number of nitrogens with one attached hydrogen (secondary N) is 2. The van der Waals surface area contributed by atoms with Crippen LogP contribution < -0.4 is 10.6 Å². The van der Waals surface area contributed by atoms with Crippen LogP contribution in [0.1, 0.15) is 24.7 Å². The van der Waals surface area contributed by atoms with Gasteiger partial charge in [-0.2, -0.15) is 0 Å². The Labute approximate surface area is 114 Å². The molecule has 2 N–H and O–H groups in total. The molecular formula is C12H20N4O2S. The van der Waals surface area contributed by atoms with E-state index in [4.69, 9.17) is 0 Å². The molecule has 1 fully saturated rings. The first kappa shape index (κ1) is 14.0. The SMILES string of the molecule is CNc1nc(C)nc(NC2(C)CCS(=O)(=O)C2)c1C. The van der Waals surface area contributed by atoms with Crippen molar-refractivity contribution in [2.45, 2.75) is 32.7 Å². The molecule has 1 aliphatic rings. The first-order chi connectivity index (χ1) is 8.75. The van der Waals surface area contributed by atoms with Gasteiger partial charge < -0.3 is 10.6 Å². The molecule has 0 aromatic carbocycles. The van der Waals surface area contributed by atoms with Crippen LogP contribution >= 0.6 is 0 Å². The van der Waals surface area contributed by atoms with E-state index in [0.29, 0.717) is 18.1 Å². The standard InChI is InChI=1S/C12H20N4O2S/c1-8-10(13-4)14-9(2)15-11(8)16-12(3)5-6-19(17,18)7-12/h5-7H2,1-4H3,(H2,13,14,15,16). The van der Waals surface area contributed by atoms with E-state index < -0.39 is 15.4 Å². The third-order valence-corrected chi connectivity index (χ3v) is 5.32. The summed E-state index contributed by atoms with van der Waals surface area (Å²) in [5, 5.41) is 6.31. The number of hydrogen-bond donors (Lipinski definition) is 2. The van der Waals surface area contributed by atoms with Gasteiger partial charge in [0.2, 0.25) is 0 Å². The minimum Gasteiger partial charge on any atom is -0.373 e. The topological polar surface area (TPSA) is 84.0 Å². The van der Waals surface area contributed by atoms with E-state index in [0.717, 1.165) is 11.4 Å². The highest BCUT2D eigenvalue weighted by molar-refractivity contribution is 7.91. The van der Waals surface area contributed by atoms with Crippen LogP contribution in [0, 0.1) is 13.8 Å². The highest BCUT2D eigenvalue weighted by Crippen LogP contribution is 2.29. The van der Waals surface area contributed by atoms with Crippen LogP contribution in [0.5, 0.6) is 0 Å². The Bertz CT molecular complexity index is 600. The molecule has 0 saturated carbocycles. The van der Waals surface area contributed by atoms with Gasteiger partial charge in [0, 0.05) is 12.6 Å². The van der Waals surface area contributed by atoms with Crippen LogP contribution in [-0.2, 0) is 9.84 Å². The minimum atomic E-state index is -2.93. The van der Waals surface area contributed by atoms with E-state index in [1.807, 2.05) is 20.8 Å². The molecule has 1 unspecified atom stereocenters. The summed E-state index contributed by atoms with van der Waals surface area (Å²) in [4.78, 5) is 8.68. The second-order valence-electron chi connectivity index (χ2n) is 5.37. The van der Waals surface area contributed by atoms with Crippen molar-refractivity contribution in [1.82, 2.24) is 9.97 Å². The van der Waals surface area contributed by atoms with Crippen LogP contribution in [0.25, 0.3) is 0 Å². The molecule has 0 spiro atoms. The van der Waals surface area contributed by atoms with Crippen LogP contribution in [0.15, 0.2) is 0 Å². The fraction of sp³-hybridized carbons (Fsp3) is 0.667. The third-order valence-electron chi connectivity index (χ3n) is 3.42. The molecule has 0 bridgehead atoms. The van der Waals surface area contributed by atoms with Crippen LogP contribution in [-0.4, -0.2) is 42.5 Å². The maximum absolute atomic E-state index is 11.6. The summed E-state index contributed by atoms with van der Waals surface area (Å²) < 4.78 is 23.3. The molecule has 0 amide bonds. The van der Waals surface area contributed by atoms with E-state index in [1.165, 1.54) is 0 Å². The number of aryl methyl sites for hydroxylation is 1. The highest BCUT2D eigenvalue weighted by atomic mass is 32.2. The first-order valence-electron chi connectivity index (χ1n) is 6.26. The fourth-order valence-corrected chi connectivity index (χ4v) is 4.48. The average molecular weight is 284 g/mol. The summed E-state index contributed by atoms with van der Waals surface area (Å²) in [5.41, 5.74) is 0.452. The van der Waals surface area contributed by atoms with Gasteiger partial charge in [-0.15, -0.1) is 0 Å². The van der Waals surface area contributed by atoms with E-state index in [1.54, 1.807) is 7.05 Å². The zero-order valence-corrected chi connectivity index (χ0v) is 12.6. The molecule has 1 aromatic heterocycles. The lowest BCUT2D eigenvalue weighted by atomic mass is 10.0. The molecule has 0 radical (unpaired) electrons. The van der Waals surface area contributed by atoms with E-state index in [9.17, 15) is 8.42 Å². The van der Waals surface area contributed by atoms with Gasteiger partial charge in [0.05, 0.1) is 17.0 Å². The zero-order valence-electron chi connectivity index (χ0n) is 11.7. The smallest absolute Gasteiger partial charge is 0.152 e. The van der Waals surface area contributed by atoms with Crippen molar-refractivity contribution >= 4 is 21.5 Å². The summed E-state index contributed by atoms with van der Waals surface area (Å²) in [5.74, 6) is 2.51. The number of nitrogens with zero attached hydrogens (tertiary/aromatic N) is 2. The lowest BCUT2D eigenvalue weighted by molar-refractivity contribution is 0.571. The predicted molar refractivity (Wildman–Crippen MR) is 76.4 cm³/mol. The summed E-state index contributed by atoms with van der Waals surface area (Å²) in [7, 11) is -1.13. The monoisotopic (exact) mass is 284 g/mol. The summed E-state index contributed by atoms with van der Waals surface area (Å²) >= 11 is 0. The summed E-state index contributed by atoms with van der Waals surface area (Å²) in [6, 6.07) is 0. The maximum atomic E-state index is 11.6. The maximum Gasteiger partial charge on any atom is 0.152 e. The zero-order chi connectivity index (χ0) is 14.3. The van der Waals surface area contributed by atoms with Crippen molar-refractivity contribution in [3.63, 3.8) is 0 Å². The van der Waals surface area contributed by atoms with Crippen LogP contribution in [0.3, 0.4) is 0 Å². The largest absolute Gasteiger partial charge is 0.373 e. The van der Waals surface area contributed by atoms with Gasteiger partial charge in [-0.05, 0) is 27.2 Å². The Morgan fingerprint density at radius 2 is 1.84 bits per heavy atom. The van der Waals surface area contributed by atoms with Crippen molar-refractivity contribution < 1.29 is 8.42 Å². The number of sulfone groups is 1. The summed E-state index contributed by atoms with van der Waals surface area (Å²) in [6.07, 6.45) is 0.604. The average Bonchev–Trinajstić information content (AvgIpc) is 2.57. The second-order valence-corrected chi connectivity index (χ2v) is 7.55. The molecule has 6 nitrogen and oxygen atoms in total. The number of rotatable bonds is 3. The Morgan fingerprint density at radius 1 is 1.21 bits per heavy atom. The molecule has 1 saturated heterocycles. The van der Waals surface area contributed by atoms with Crippen molar-refractivity contribution in [3.8, 4) is 0 Å². The van der Waals surface area contributed by atoms with Gasteiger partial charge in [0.15, 0.2) is 9.84 Å². The van der Waals surface area contributed by atoms with Gasteiger partial charge >= 0.3 is 0 Å². The lowest BCUT2D eigenvalue weighted by Gasteiger charge is -2.26. The van der Waals surface area contributed by atoms with E-state index in [-0.39, 0.29) is 11.5 Å². The van der Waals surface area contributed by atoms with Crippen LogP contribution in [0.4, 0.5) is 11.6 Å². The number of hydrogen-bond acceptors (Lipinski definition) is 6. The van der Waals surface area contributed by atoms with Crippen molar-refractivity contribution in [2.24, 2.45) is 0 Å². The number of anilines is 2. The van der Waals surface area contributed by atoms with Crippen molar-refractivity contribution in [3.05, 3.63) is 11.4 Å². The number of aromatic nitrogens is 2. The quantitative estimate of drug-likeness (QED) is 0.865. The Kier molecular flexibility index (Phi) is 3.42. The fourth-order valence-electron chi connectivity index (χ4n) is 2.39. The molecule has 1 aliphatic heterocycles. The molecule has 1 aromatic rings. The molecule has 106 valence electrons. The molecule has 2 heterocycles. The van der Waals surface area contributed by atoms with Gasteiger partial charge in [-0.3, -0.25) is 0 Å². The van der Waals surface area contributed by atoms with Gasteiger partial charge in [-0.25, -0.2) is 18.4 Å². The lowest BCUT2D eigenvalue weighted by Crippen LogP contribution is -2.36. The Morgan fingerprint density at radius 3 is 2.37 bits per heavy atom. The van der Waals surface area contributed by atoms with Gasteiger partial charge in [-0.1, -0.05) is 0 Å². The minimum absolute atomic E-state index is 0.150. The molecule has 7 heteroatoms. The van der Waals surface area contributed by atoms with Gasteiger partial charge in [0.25, 0.3) is 0 Å². The van der Waals surface area contributed by atoms with E-state index >= 15 is 0 Å². The van der Waals surface area contributed by atoms with Gasteiger partial charge in [0.1, 0.15) is 17.5 Å². The Hall–Kier alpha value is -1.37. The van der Waals surface area contributed by atoms with Crippen LogP contribution in [0.2, 0.25) is 0 Å². The third kappa shape index (κ3) is 2.97.